The average molecular weight is 399 g/mol. The Balaban J connectivity index is 5.44. The first-order chi connectivity index (χ1) is 12.8. The lowest BCUT2D eigenvalue weighted by Crippen LogP contribution is -2.54. The van der Waals surface area contributed by atoms with Crippen LogP contribution in [0.4, 0.5) is 4.79 Å². The topological polar surface area (TPSA) is 84.9 Å². The van der Waals surface area contributed by atoms with Gasteiger partial charge >= 0.3 is 12.1 Å². The van der Waals surface area contributed by atoms with Crippen LogP contribution in [-0.2, 0) is 19.1 Å². The smallest absolute Gasteiger partial charge is 0.408 e. The highest BCUT2D eigenvalue weighted by Gasteiger charge is 2.32. The van der Waals surface area contributed by atoms with Crippen LogP contribution in [0.15, 0.2) is 12.2 Å². The number of likely N-dealkylation sites (N-methyl/N-ethyl adjacent to an activating group) is 1. The third-order valence-corrected chi connectivity index (χ3v) is 4.34. The summed E-state index contributed by atoms with van der Waals surface area (Å²) < 4.78 is 10.2. The molecule has 0 aromatic carbocycles. The number of amides is 2. The molecule has 0 rings (SSSR count). The molecule has 0 aromatic heterocycles. The number of ether oxygens (including phenoxy) is 2. The predicted octanol–water partition coefficient (Wildman–Crippen LogP) is 3.53. The van der Waals surface area contributed by atoms with Gasteiger partial charge in [0.25, 0.3) is 0 Å². The number of nitrogens with one attached hydrogen (secondary N) is 1. The molecule has 0 aliphatic carbocycles. The van der Waals surface area contributed by atoms with Gasteiger partial charge < -0.3 is 19.7 Å². The van der Waals surface area contributed by atoms with E-state index in [4.69, 9.17) is 9.47 Å². The second-order valence-corrected chi connectivity index (χ2v) is 8.30. The van der Waals surface area contributed by atoms with Crippen molar-refractivity contribution in [2.24, 2.45) is 11.8 Å². The van der Waals surface area contributed by atoms with E-state index in [-0.39, 0.29) is 23.8 Å². The molecule has 0 aliphatic rings. The minimum atomic E-state index is -0.734. The summed E-state index contributed by atoms with van der Waals surface area (Å²) in [5.41, 5.74) is -0.651. The van der Waals surface area contributed by atoms with Crippen LogP contribution >= 0.6 is 0 Å². The van der Waals surface area contributed by atoms with Crippen LogP contribution in [0.1, 0.15) is 61.8 Å². The average Bonchev–Trinajstić information content (AvgIpc) is 2.57. The van der Waals surface area contributed by atoms with Crippen LogP contribution in [0.5, 0.6) is 0 Å². The van der Waals surface area contributed by atoms with Crippen molar-refractivity contribution in [3.05, 3.63) is 12.2 Å². The van der Waals surface area contributed by atoms with Gasteiger partial charge in [0.1, 0.15) is 11.6 Å². The Labute approximate surface area is 169 Å². The monoisotopic (exact) mass is 398 g/mol. The minimum absolute atomic E-state index is 0.119. The van der Waals surface area contributed by atoms with Gasteiger partial charge in [0.05, 0.1) is 12.6 Å². The number of alkyl carbamates (subject to hydrolysis) is 1. The lowest BCUT2D eigenvalue weighted by molar-refractivity contribution is -0.138. The van der Waals surface area contributed by atoms with Crippen molar-refractivity contribution in [2.45, 2.75) is 79.5 Å². The molecular formula is C21H38N2O5. The second kappa shape index (κ2) is 11.7. The van der Waals surface area contributed by atoms with Crippen molar-refractivity contribution in [1.82, 2.24) is 10.2 Å². The summed E-state index contributed by atoms with van der Waals surface area (Å²) in [6.45, 7) is 15.1. The first kappa shape index (κ1) is 26.0. The van der Waals surface area contributed by atoms with E-state index in [2.05, 4.69) is 5.32 Å². The van der Waals surface area contributed by atoms with Crippen LogP contribution in [-0.4, -0.2) is 54.2 Å². The summed E-state index contributed by atoms with van der Waals surface area (Å²) in [5.74, 6) is -0.688. The highest BCUT2D eigenvalue weighted by atomic mass is 16.6. The predicted molar refractivity (Wildman–Crippen MR) is 110 cm³/mol. The first-order valence-electron chi connectivity index (χ1n) is 9.95. The van der Waals surface area contributed by atoms with E-state index >= 15 is 0 Å². The van der Waals surface area contributed by atoms with Gasteiger partial charge in [0, 0.05) is 13.1 Å². The van der Waals surface area contributed by atoms with Gasteiger partial charge in [-0.2, -0.15) is 0 Å². The Morgan fingerprint density at radius 1 is 1.11 bits per heavy atom. The molecule has 1 unspecified atom stereocenters. The van der Waals surface area contributed by atoms with Gasteiger partial charge in [-0.3, -0.25) is 4.79 Å². The molecule has 3 atom stereocenters. The number of rotatable bonds is 9. The normalized spacial score (nSPS) is 15.1. The van der Waals surface area contributed by atoms with Gasteiger partial charge in [0.15, 0.2) is 0 Å². The molecule has 0 fully saturated rings. The fourth-order valence-electron chi connectivity index (χ4n) is 2.62. The van der Waals surface area contributed by atoms with Crippen molar-refractivity contribution in [3.8, 4) is 0 Å². The van der Waals surface area contributed by atoms with Crippen molar-refractivity contribution in [1.29, 1.82) is 0 Å². The zero-order valence-corrected chi connectivity index (χ0v) is 18.9. The number of carbonyl (C=O) groups excluding carboxylic acids is 3. The molecule has 7 nitrogen and oxygen atoms in total. The van der Waals surface area contributed by atoms with Gasteiger partial charge in [-0.1, -0.05) is 40.2 Å². The fraction of sp³-hybridized carbons (Fsp3) is 0.762. The van der Waals surface area contributed by atoms with Gasteiger partial charge in [-0.05, 0) is 39.5 Å². The Kier molecular flexibility index (Phi) is 10.9. The number of esters is 1. The highest BCUT2D eigenvalue weighted by molar-refractivity contribution is 5.86. The summed E-state index contributed by atoms with van der Waals surface area (Å²) in [4.78, 5) is 38.6. The van der Waals surface area contributed by atoms with E-state index in [9.17, 15) is 14.4 Å². The molecule has 0 bridgehead atoms. The summed E-state index contributed by atoms with van der Waals surface area (Å²) in [6.07, 6.45) is 3.24. The molecule has 0 saturated carbocycles. The van der Waals surface area contributed by atoms with Crippen molar-refractivity contribution < 1.29 is 23.9 Å². The lowest BCUT2D eigenvalue weighted by Gasteiger charge is -2.34. The van der Waals surface area contributed by atoms with Gasteiger partial charge in [-0.15, -0.1) is 0 Å². The molecule has 0 aromatic rings. The zero-order chi connectivity index (χ0) is 22.1. The number of hydrogen-bond donors (Lipinski definition) is 1. The summed E-state index contributed by atoms with van der Waals surface area (Å²) in [5, 5.41) is 2.68. The molecule has 0 saturated heterocycles. The Morgan fingerprint density at radius 2 is 1.68 bits per heavy atom. The fourth-order valence-corrected chi connectivity index (χ4v) is 2.62. The van der Waals surface area contributed by atoms with Crippen LogP contribution < -0.4 is 5.32 Å². The molecule has 0 spiro atoms. The minimum Gasteiger partial charge on any atom is -0.463 e. The Hall–Kier alpha value is -2.05. The SMILES string of the molecule is CCOC(=O)/C=C/C([C@@H](C)CC)N(C)C(=O)[C@@H](NC(=O)OC(C)(C)C)C(C)C. The quantitative estimate of drug-likeness (QED) is 0.474. The molecular weight excluding hydrogens is 360 g/mol. The van der Waals surface area contributed by atoms with Crippen molar-refractivity contribution in [2.75, 3.05) is 13.7 Å². The number of hydrogen-bond acceptors (Lipinski definition) is 5. The van der Waals surface area contributed by atoms with E-state index in [1.807, 2.05) is 27.7 Å². The molecule has 7 heteroatoms. The number of carbonyl (C=O) groups is 3. The highest BCUT2D eigenvalue weighted by Crippen LogP contribution is 2.18. The summed E-state index contributed by atoms with van der Waals surface area (Å²) in [7, 11) is 1.68. The molecule has 0 aliphatic heterocycles. The maximum Gasteiger partial charge on any atom is 0.408 e. The molecule has 162 valence electrons. The standard InChI is InChI=1S/C21H38N2O5/c1-10-15(5)16(12-13-17(24)27-11-2)23(9)19(25)18(14(3)4)22-20(26)28-21(6,7)8/h12-16,18H,10-11H2,1-9H3,(H,22,26)/b13-12+/t15-,16?,18-/m0/s1. The third kappa shape index (κ3) is 9.24. The van der Waals surface area contributed by atoms with Gasteiger partial charge in [0.2, 0.25) is 5.91 Å². The van der Waals surface area contributed by atoms with E-state index in [0.29, 0.717) is 6.61 Å². The maximum atomic E-state index is 13.1. The number of nitrogens with zero attached hydrogens (tertiary/aromatic N) is 1. The molecule has 28 heavy (non-hydrogen) atoms. The molecule has 1 N–H and O–H groups in total. The van der Waals surface area contributed by atoms with Crippen LogP contribution in [0.2, 0.25) is 0 Å². The van der Waals surface area contributed by atoms with Crippen LogP contribution in [0.25, 0.3) is 0 Å². The van der Waals surface area contributed by atoms with Crippen molar-refractivity contribution >= 4 is 18.0 Å². The van der Waals surface area contributed by atoms with E-state index in [1.54, 1.807) is 45.7 Å². The lowest BCUT2D eigenvalue weighted by atomic mass is 9.95. The summed E-state index contributed by atoms with van der Waals surface area (Å²) in [6, 6.07) is -1.04. The Morgan fingerprint density at radius 3 is 2.11 bits per heavy atom. The first-order valence-corrected chi connectivity index (χ1v) is 9.95. The third-order valence-electron chi connectivity index (χ3n) is 4.34. The van der Waals surface area contributed by atoms with E-state index in [1.165, 1.54) is 6.08 Å². The van der Waals surface area contributed by atoms with Gasteiger partial charge in [-0.25, -0.2) is 9.59 Å². The molecule has 0 heterocycles. The molecule has 2 amide bonds. The van der Waals surface area contributed by atoms with Crippen molar-refractivity contribution in [3.63, 3.8) is 0 Å². The van der Waals surface area contributed by atoms with Crippen LogP contribution in [0.3, 0.4) is 0 Å². The zero-order valence-electron chi connectivity index (χ0n) is 18.9. The van der Waals surface area contributed by atoms with E-state index < -0.39 is 23.7 Å². The van der Waals surface area contributed by atoms with E-state index in [0.717, 1.165) is 6.42 Å². The summed E-state index contributed by atoms with van der Waals surface area (Å²) >= 11 is 0. The van der Waals surface area contributed by atoms with Crippen LogP contribution in [0, 0.1) is 11.8 Å². The Bertz CT molecular complexity index is 551. The maximum absolute atomic E-state index is 13.1. The molecule has 0 radical (unpaired) electrons. The second-order valence-electron chi connectivity index (χ2n) is 8.30. The largest absolute Gasteiger partial charge is 0.463 e.